The Hall–Kier alpha value is -1.47. The zero-order valence-electron chi connectivity index (χ0n) is 10.5. The summed E-state index contributed by atoms with van der Waals surface area (Å²) in [5.74, 6) is 1.86. The van der Waals surface area contributed by atoms with Crippen LogP contribution in [0.25, 0.3) is 0 Å². The van der Waals surface area contributed by atoms with Crippen LogP contribution in [0.3, 0.4) is 0 Å². The van der Waals surface area contributed by atoms with Crippen molar-refractivity contribution in [3.05, 3.63) is 65.7 Å². The molecular weight excluding hydrogens is 244 g/mol. The Balaban J connectivity index is 2.41. The molecule has 18 heavy (non-hydrogen) atoms. The third kappa shape index (κ3) is 2.85. The molecule has 1 nitrogen and oxygen atoms in total. The van der Waals surface area contributed by atoms with E-state index >= 15 is 0 Å². The number of halogens is 1. The first kappa shape index (κ1) is 13.0. The molecule has 2 aromatic carbocycles. The van der Waals surface area contributed by atoms with Crippen LogP contribution in [0.4, 0.5) is 0 Å². The minimum Gasteiger partial charge on any atom is -0.496 e. The summed E-state index contributed by atoms with van der Waals surface area (Å²) in [5, 5.41) is 0. The molecule has 0 aliphatic heterocycles. The summed E-state index contributed by atoms with van der Waals surface area (Å²) < 4.78 is 5.45. The summed E-state index contributed by atoms with van der Waals surface area (Å²) in [6.07, 6.45) is 0.909. The molecule has 0 aliphatic rings. The van der Waals surface area contributed by atoms with Gasteiger partial charge in [-0.3, -0.25) is 0 Å². The van der Waals surface area contributed by atoms with Crippen molar-refractivity contribution in [2.24, 2.45) is 0 Å². The summed E-state index contributed by atoms with van der Waals surface area (Å²) >= 11 is 5.95. The van der Waals surface area contributed by atoms with Gasteiger partial charge >= 0.3 is 0 Å². The van der Waals surface area contributed by atoms with Crippen molar-refractivity contribution < 1.29 is 4.74 Å². The van der Waals surface area contributed by atoms with Gasteiger partial charge in [0.2, 0.25) is 0 Å². The predicted octanol–water partition coefficient (Wildman–Crippen LogP) is 4.46. The summed E-state index contributed by atoms with van der Waals surface area (Å²) in [7, 11) is 1.71. The summed E-state index contributed by atoms with van der Waals surface area (Å²) in [5.41, 5.74) is 2.48. The number of methoxy groups -OCH3 is 1. The quantitative estimate of drug-likeness (QED) is 0.722. The Kier molecular flexibility index (Phi) is 4.66. The van der Waals surface area contributed by atoms with E-state index in [0.29, 0.717) is 11.8 Å². The molecule has 1 atom stereocenters. The fraction of sp³-hybridized carbons (Fsp3) is 0.250. The first-order valence-electron chi connectivity index (χ1n) is 6.10. The monoisotopic (exact) mass is 260 g/mol. The number of ether oxygens (including phenoxy) is 1. The van der Waals surface area contributed by atoms with E-state index in [-0.39, 0.29) is 0 Å². The number of hydrogen-bond donors (Lipinski definition) is 0. The van der Waals surface area contributed by atoms with Crippen LogP contribution in [0.1, 0.15) is 23.5 Å². The van der Waals surface area contributed by atoms with Crippen molar-refractivity contribution in [1.82, 2.24) is 0 Å². The van der Waals surface area contributed by atoms with Gasteiger partial charge in [0.15, 0.2) is 0 Å². The molecule has 1 unspecified atom stereocenters. The first-order chi connectivity index (χ1) is 8.86. The van der Waals surface area contributed by atoms with Crippen LogP contribution >= 0.6 is 11.6 Å². The van der Waals surface area contributed by atoms with Gasteiger partial charge in [0.25, 0.3) is 0 Å². The van der Waals surface area contributed by atoms with E-state index in [1.54, 1.807) is 7.11 Å². The third-order valence-electron chi connectivity index (χ3n) is 3.11. The molecule has 0 saturated heterocycles. The maximum absolute atomic E-state index is 5.95. The van der Waals surface area contributed by atoms with E-state index in [2.05, 4.69) is 30.3 Å². The zero-order valence-corrected chi connectivity index (χ0v) is 11.2. The van der Waals surface area contributed by atoms with Gasteiger partial charge in [-0.1, -0.05) is 48.5 Å². The van der Waals surface area contributed by atoms with Gasteiger partial charge in [0.05, 0.1) is 7.11 Å². The van der Waals surface area contributed by atoms with E-state index in [1.807, 2.05) is 24.3 Å². The minimum atomic E-state index is 0.292. The van der Waals surface area contributed by atoms with Crippen molar-refractivity contribution in [3.8, 4) is 5.75 Å². The molecule has 0 N–H and O–H groups in total. The highest BCUT2D eigenvalue weighted by atomic mass is 35.5. The Bertz CT molecular complexity index is 481. The topological polar surface area (TPSA) is 9.23 Å². The summed E-state index contributed by atoms with van der Waals surface area (Å²) in [4.78, 5) is 0. The fourth-order valence-electron chi connectivity index (χ4n) is 2.25. The molecule has 2 rings (SSSR count). The molecule has 2 aromatic rings. The molecule has 0 saturated carbocycles. The van der Waals surface area contributed by atoms with E-state index in [4.69, 9.17) is 16.3 Å². The third-order valence-corrected chi connectivity index (χ3v) is 3.33. The van der Waals surface area contributed by atoms with Crippen molar-refractivity contribution in [3.63, 3.8) is 0 Å². The van der Waals surface area contributed by atoms with Crippen molar-refractivity contribution in [1.29, 1.82) is 0 Å². The number of alkyl halides is 1. The normalized spacial score (nSPS) is 12.1. The smallest absolute Gasteiger partial charge is 0.122 e. The van der Waals surface area contributed by atoms with Crippen LogP contribution in [0.2, 0.25) is 0 Å². The molecule has 94 valence electrons. The Morgan fingerprint density at radius 2 is 1.67 bits per heavy atom. The van der Waals surface area contributed by atoms with Crippen LogP contribution < -0.4 is 4.74 Å². The van der Waals surface area contributed by atoms with Crippen LogP contribution in [0, 0.1) is 0 Å². The largest absolute Gasteiger partial charge is 0.496 e. The second-order valence-electron chi connectivity index (χ2n) is 4.18. The highest BCUT2D eigenvalue weighted by molar-refractivity contribution is 6.17. The number of para-hydroxylation sites is 1. The molecular formula is C16H17ClO. The van der Waals surface area contributed by atoms with E-state index in [9.17, 15) is 0 Å². The summed E-state index contributed by atoms with van der Waals surface area (Å²) in [6.45, 7) is 0. The highest BCUT2D eigenvalue weighted by Gasteiger charge is 2.16. The van der Waals surface area contributed by atoms with Gasteiger partial charge in [-0.15, -0.1) is 11.6 Å². The molecule has 0 heterocycles. The summed E-state index contributed by atoms with van der Waals surface area (Å²) in [6, 6.07) is 18.6. The maximum Gasteiger partial charge on any atom is 0.122 e. The molecule has 0 aliphatic carbocycles. The second-order valence-corrected chi connectivity index (χ2v) is 4.56. The zero-order chi connectivity index (χ0) is 12.8. The maximum atomic E-state index is 5.95. The lowest BCUT2D eigenvalue weighted by molar-refractivity contribution is 0.407. The van der Waals surface area contributed by atoms with Crippen molar-refractivity contribution in [2.75, 3.05) is 13.0 Å². The molecule has 0 amide bonds. The molecule has 0 spiro atoms. The minimum absolute atomic E-state index is 0.292. The molecule has 2 heteroatoms. The van der Waals surface area contributed by atoms with Crippen molar-refractivity contribution >= 4 is 11.6 Å². The average Bonchev–Trinajstić information content (AvgIpc) is 2.46. The lowest BCUT2D eigenvalue weighted by Gasteiger charge is -2.19. The van der Waals surface area contributed by atoms with Crippen LogP contribution in [0.15, 0.2) is 54.6 Å². The standard InChI is InChI=1S/C16H17ClO/c1-18-16-10-6-5-9-15(16)14(11-12-17)13-7-3-2-4-8-13/h2-10,14H,11-12H2,1H3. The lowest BCUT2D eigenvalue weighted by atomic mass is 9.88. The predicted molar refractivity (Wildman–Crippen MR) is 76.6 cm³/mol. The van der Waals surface area contributed by atoms with Crippen LogP contribution in [0.5, 0.6) is 5.75 Å². The SMILES string of the molecule is COc1ccccc1C(CCCl)c1ccccc1. The van der Waals surface area contributed by atoms with Gasteiger partial charge in [0.1, 0.15) is 5.75 Å². The highest BCUT2D eigenvalue weighted by Crippen LogP contribution is 2.34. The first-order valence-corrected chi connectivity index (χ1v) is 6.64. The Morgan fingerprint density at radius 1 is 1.00 bits per heavy atom. The van der Waals surface area contributed by atoms with E-state index in [1.165, 1.54) is 11.1 Å². The Labute approximate surface area is 113 Å². The second kappa shape index (κ2) is 6.46. The van der Waals surface area contributed by atoms with Gasteiger partial charge in [0, 0.05) is 17.4 Å². The number of benzene rings is 2. The fourth-order valence-corrected chi connectivity index (χ4v) is 2.47. The van der Waals surface area contributed by atoms with Crippen molar-refractivity contribution in [2.45, 2.75) is 12.3 Å². The number of hydrogen-bond acceptors (Lipinski definition) is 1. The Morgan fingerprint density at radius 3 is 2.33 bits per heavy atom. The van der Waals surface area contributed by atoms with Crippen LogP contribution in [-0.2, 0) is 0 Å². The number of rotatable bonds is 5. The van der Waals surface area contributed by atoms with Gasteiger partial charge in [-0.05, 0) is 18.1 Å². The van der Waals surface area contributed by atoms with Gasteiger partial charge < -0.3 is 4.74 Å². The lowest BCUT2D eigenvalue weighted by Crippen LogP contribution is -2.04. The average molecular weight is 261 g/mol. The molecule has 0 fully saturated rings. The van der Waals surface area contributed by atoms with E-state index < -0.39 is 0 Å². The van der Waals surface area contributed by atoms with E-state index in [0.717, 1.165) is 12.2 Å². The molecule has 0 bridgehead atoms. The molecule has 0 aromatic heterocycles. The molecule has 0 radical (unpaired) electrons. The van der Waals surface area contributed by atoms with Gasteiger partial charge in [-0.2, -0.15) is 0 Å². The van der Waals surface area contributed by atoms with Gasteiger partial charge in [-0.25, -0.2) is 0 Å². The van der Waals surface area contributed by atoms with Crippen LogP contribution in [-0.4, -0.2) is 13.0 Å².